The number of alkyl halides is 1. The lowest BCUT2D eigenvalue weighted by Gasteiger charge is -2.09. The summed E-state index contributed by atoms with van der Waals surface area (Å²) in [5, 5.41) is 8.62. The molecule has 0 aromatic heterocycles. The Hall–Kier alpha value is -0.880. The molecule has 6 heteroatoms. The number of halogens is 2. The van der Waals surface area contributed by atoms with Crippen LogP contribution in [0.1, 0.15) is 16.8 Å². The standard InChI is InChI=1S/C11H10Br2O4/c1-17-6-2-3-7(8(12)4-6)11(16)9(13)5-10(14)15/h2-4,9H,5H2,1H3,(H,14,15). The van der Waals surface area contributed by atoms with Crippen molar-refractivity contribution in [1.29, 1.82) is 0 Å². The van der Waals surface area contributed by atoms with Gasteiger partial charge in [0.25, 0.3) is 0 Å². The molecule has 0 saturated carbocycles. The molecule has 0 heterocycles. The fraction of sp³-hybridized carbons (Fsp3) is 0.273. The van der Waals surface area contributed by atoms with Crippen molar-refractivity contribution in [3.8, 4) is 5.75 Å². The van der Waals surface area contributed by atoms with Crippen LogP contribution in [-0.4, -0.2) is 28.8 Å². The fourth-order valence-corrected chi connectivity index (χ4v) is 2.31. The van der Waals surface area contributed by atoms with Gasteiger partial charge in [0.15, 0.2) is 5.78 Å². The third-order valence-electron chi connectivity index (χ3n) is 2.08. The third kappa shape index (κ3) is 3.81. The molecular formula is C11H10Br2O4. The van der Waals surface area contributed by atoms with Crippen LogP contribution in [0, 0.1) is 0 Å². The molecular weight excluding hydrogens is 356 g/mol. The molecule has 1 atom stereocenters. The van der Waals surface area contributed by atoms with Gasteiger partial charge in [0.1, 0.15) is 5.75 Å². The average Bonchev–Trinajstić information content (AvgIpc) is 2.27. The summed E-state index contributed by atoms with van der Waals surface area (Å²) in [6, 6.07) is 4.91. The van der Waals surface area contributed by atoms with Crippen LogP contribution >= 0.6 is 31.9 Å². The number of carboxylic acid groups (broad SMARTS) is 1. The smallest absolute Gasteiger partial charge is 0.304 e. The fourth-order valence-electron chi connectivity index (χ4n) is 1.24. The highest BCUT2D eigenvalue weighted by molar-refractivity contribution is 9.10. The monoisotopic (exact) mass is 364 g/mol. The molecule has 0 bridgehead atoms. The summed E-state index contributed by atoms with van der Waals surface area (Å²) >= 11 is 6.32. The number of carbonyl (C=O) groups is 2. The van der Waals surface area contributed by atoms with Crippen molar-refractivity contribution >= 4 is 43.6 Å². The van der Waals surface area contributed by atoms with Crippen LogP contribution in [-0.2, 0) is 4.79 Å². The van der Waals surface area contributed by atoms with Crippen molar-refractivity contribution in [3.05, 3.63) is 28.2 Å². The van der Waals surface area contributed by atoms with Crippen LogP contribution in [0.15, 0.2) is 22.7 Å². The lowest BCUT2D eigenvalue weighted by molar-refractivity contribution is -0.136. The third-order valence-corrected chi connectivity index (χ3v) is 3.48. The number of methoxy groups -OCH3 is 1. The predicted molar refractivity (Wildman–Crippen MR) is 70.0 cm³/mol. The molecule has 0 fully saturated rings. The predicted octanol–water partition coefficient (Wildman–Crippen LogP) is 2.88. The molecule has 4 nitrogen and oxygen atoms in total. The molecule has 1 aromatic carbocycles. The highest BCUT2D eigenvalue weighted by atomic mass is 79.9. The van der Waals surface area contributed by atoms with Gasteiger partial charge >= 0.3 is 5.97 Å². The van der Waals surface area contributed by atoms with E-state index in [0.29, 0.717) is 15.8 Å². The number of Topliss-reactive ketones (excluding diaryl/α,β-unsaturated/α-hetero) is 1. The van der Waals surface area contributed by atoms with Gasteiger partial charge in [0.05, 0.1) is 18.4 Å². The van der Waals surface area contributed by atoms with Gasteiger partial charge in [-0.1, -0.05) is 15.9 Å². The van der Waals surface area contributed by atoms with Crippen LogP contribution < -0.4 is 4.74 Å². The highest BCUT2D eigenvalue weighted by Crippen LogP contribution is 2.26. The van der Waals surface area contributed by atoms with Crippen LogP contribution in [0.2, 0.25) is 0 Å². The molecule has 0 aliphatic rings. The number of aliphatic carboxylic acids is 1. The minimum atomic E-state index is -1.02. The minimum absolute atomic E-state index is 0.253. The molecule has 1 rings (SSSR count). The van der Waals surface area contributed by atoms with E-state index in [4.69, 9.17) is 9.84 Å². The molecule has 17 heavy (non-hydrogen) atoms. The zero-order chi connectivity index (χ0) is 13.0. The highest BCUT2D eigenvalue weighted by Gasteiger charge is 2.21. The molecule has 1 aromatic rings. The zero-order valence-electron chi connectivity index (χ0n) is 8.94. The molecule has 92 valence electrons. The number of rotatable bonds is 5. The maximum Gasteiger partial charge on any atom is 0.304 e. The Kier molecular flexibility index (Phi) is 5.14. The van der Waals surface area contributed by atoms with Crippen molar-refractivity contribution in [2.75, 3.05) is 7.11 Å². The normalized spacial score (nSPS) is 11.9. The first-order valence-corrected chi connectivity index (χ1v) is 6.40. The van der Waals surface area contributed by atoms with E-state index in [0.717, 1.165) is 0 Å². The first kappa shape index (κ1) is 14.2. The zero-order valence-corrected chi connectivity index (χ0v) is 12.1. The van der Waals surface area contributed by atoms with Gasteiger partial charge in [-0.25, -0.2) is 0 Å². The molecule has 1 unspecified atom stereocenters. The van der Waals surface area contributed by atoms with Crippen molar-refractivity contribution in [3.63, 3.8) is 0 Å². The van der Waals surface area contributed by atoms with Crippen LogP contribution in [0.25, 0.3) is 0 Å². The van der Waals surface area contributed by atoms with E-state index in [-0.39, 0.29) is 12.2 Å². The number of ether oxygens (including phenoxy) is 1. The number of hydrogen-bond donors (Lipinski definition) is 1. The number of ketones is 1. The van der Waals surface area contributed by atoms with E-state index < -0.39 is 10.8 Å². The van der Waals surface area contributed by atoms with Crippen LogP contribution in [0.3, 0.4) is 0 Å². The summed E-state index contributed by atoms with van der Waals surface area (Å²) in [6.45, 7) is 0. The Morgan fingerprint density at radius 1 is 1.47 bits per heavy atom. The van der Waals surface area contributed by atoms with Crippen LogP contribution in [0.4, 0.5) is 0 Å². The minimum Gasteiger partial charge on any atom is -0.497 e. The Morgan fingerprint density at radius 2 is 2.12 bits per heavy atom. The van der Waals surface area contributed by atoms with Gasteiger partial charge in [-0.2, -0.15) is 0 Å². The summed E-state index contributed by atoms with van der Waals surface area (Å²) in [4.78, 5) is 21.7. The number of carboxylic acids is 1. The SMILES string of the molecule is COc1ccc(C(=O)C(Br)CC(=O)O)c(Br)c1. The molecule has 0 saturated heterocycles. The molecule has 0 aliphatic carbocycles. The van der Waals surface area contributed by atoms with Gasteiger partial charge in [-0.3, -0.25) is 9.59 Å². The molecule has 0 spiro atoms. The van der Waals surface area contributed by atoms with E-state index in [9.17, 15) is 9.59 Å². The van der Waals surface area contributed by atoms with E-state index in [1.165, 1.54) is 7.11 Å². The second-order valence-corrected chi connectivity index (χ2v) is 5.24. The summed E-state index contributed by atoms with van der Waals surface area (Å²) in [7, 11) is 1.53. The Morgan fingerprint density at radius 3 is 2.59 bits per heavy atom. The van der Waals surface area contributed by atoms with E-state index >= 15 is 0 Å². The topological polar surface area (TPSA) is 63.6 Å². The Labute approximate surface area is 115 Å². The van der Waals surface area contributed by atoms with Crippen LogP contribution in [0.5, 0.6) is 5.75 Å². The maximum atomic E-state index is 11.9. The van der Waals surface area contributed by atoms with Gasteiger partial charge in [0.2, 0.25) is 0 Å². The molecule has 0 aliphatic heterocycles. The van der Waals surface area contributed by atoms with Gasteiger partial charge in [-0.15, -0.1) is 0 Å². The van der Waals surface area contributed by atoms with E-state index in [2.05, 4.69) is 31.9 Å². The van der Waals surface area contributed by atoms with E-state index in [1.54, 1.807) is 18.2 Å². The quantitative estimate of drug-likeness (QED) is 0.643. The summed E-state index contributed by atoms with van der Waals surface area (Å²) in [6.07, 6.45) is -0.253. The number of carbonyl (C=O) groups excluding carboxylic acids is 1. The van der Waals surface area contributed by atoms with Gasteiger partial charge in [0, 0.05) is 10.0 Å². The first-order chi connectivity index (χ1) is 7.95. The largest absolute Gasteiger partial charge is 0.497 e. The molecule has 0 radical (unpaired) electrons. The lowest BCUT2D eigenvalue weighted by Crippen LogP contribution is -2.18. The number of benzene rings is 1. The van der Waals surface area contributed by atoms with Gasteiger partial charge < -0.3 is 9.84 Å². The average molecular weight is 366 g/mol. The second kappa shape index (κ2) is 6.16. The molecule has 0 amide bonds. The summed E-state index contributed by atoms with van der Waals surface area (Å²) in [5.74, 6) is -0.676. The molecule has 1 N–H and O–H groups in total. The second-order valence-electron chi connectivity index (χ2n) is 3.28. The first-order valence-electron chi connectivity index (χ1n) is 4.69. The summed E-state index contributed by atoms with van der Waals surface area (Å²) < 4.78 is 5.59. The lowest BCUT2D eigenvalue weighted by atomic mass is 10.1. The number of hydrogen-bond acceptors (Lipinski definition) is 3. The van der Waals surface area contributed by atoms with Crippen molar-refractivity contribution in [2.45, 2.75) is 11.2 Å². The maximum absolute atomic E-state index is 11.9. The summed E-state index contributed by atoms with van der Waals surface area (Å²) in [5.41, 5.74) is 0.425. The van der Waals surface area contributed by atoms with Crippen molar-refractivity contribution in [1.82, 2.24) is 0 Å². The van der Waals surface area contributed by atoms with Crippen molar-refractivity contribution in [2.24, 2.45) is 0 Å². The Balaban J connectivity index is 2.92. The van der Waals surface area contributed by atoms with Gasteiger partial charge in [-0.05, 0) is 34.1 Å². The van der Waals surface area contributed by atoms with E-state index in [1.807, 2.05) is 0 Å². The Bertz CT molecular complexity index is 445. The van der Waals surface area contributed by atoms with Crippen molar-refractivity contribution < 1.29 is 19.4 Å².